The second-order valence-electron chi connectivity index (χ2n) is 5.30. The van der Waals surface area contributed by atoms with E-state index in [-0.39, 0.29) is 12.5 Å². The van der Waals surface area contributed by atoms with E-state index in [9.17, 15) is 9.90 Å². The first-order valence-corrected chi connectivity index (χ1v) is 6.95. The molecule has 1 aliphatic heterocycles. The first-order valence-electron chi connectivity index (χ1n) is 6.95. The van der Waals surface area contributed by atoms with Gasteiger partial charge < -0.3 is 10.0 Å². The number of β-amino-alcohol motifs (C(OH)–C–C–N with tert-alkyl or cyclic N) is 1. The molecule has 0 fully saturated rings. The van der Waals surface area contributed by atoms with Gasteiger partial charge in [0.1, 0.15) is 0 Å². The molecule has 4 rings (SSSR count). The van der Waals surface area contributed by atoms with E-state index in [1.807, 2.05) is 24.3 Å². The van der Waals surface area contributed by atoms with Crippen molar-refractivity contribution in [2.45, 2.75) is 12.6 Å². The summed E-state index contributed by atoms with van der Waals surface area (Å²) in [4.78, 5) is 14.3. The molecule has 0 unspecified atom stereocenters. The van der Waals surface area contributed by atoms with Gasteiger partial charge in [0.2, 0.25) is 0 Å². The predicted octanol–water partition coefficient (Wildman–Crippen LogP) is 0.814. The molecule has 3 aromatic rings. The molecule has 7 nitrogen and oxygen atoms in total. The van der Waals surface area contributed by atoms with Crippen molar-refractivity contribution >= 4 is 11.6 Å². The van der Waals surface area contributed by atoms with Gasteiger partial charge in [0.15, 0.2) is 5.65 Å². The van der Waals surface area contributed by atoms with E-state index < -0.39 is 6.10 Å². The van der Waals surface area contributed by atoms with E-state index in [0.717, 1.165) is 11.1 Å². The Labute approximate surface area is 125 Å². The number of tetrazole rings is 1. The maximum absolute atomic E-state index is 12.7. The van der Waals surface area contributed by atoms with Crippen molar-refractivity contribution < 1.29 is 9.90 Å². The molecule has 3 heterocycles. The third-order valence-corrected chi connectivity index (χ3v) is 3.89. The fraction of sp³-hybridized carbons (Fsp3) is 0.200. The van der Waals surface area contributed by atoms with Gasteiger partial charge in [-0.1, -0.05) is 24.3 Å². The van der Waals surface area contributed by atoms with Gasteiger partial charge in [0.05, 0.1) is 18.2 Å². The van der Waals surface area contributed by atoms with E-state index in [2.05, 4.69) is 15.5 Å². The number of aromatic nitrogens is 4. The highest BCUT2D eigenvalue weighted by Gasteiger charge is 2.27. The summed E-state index contributed by atoms with van der Waals surface area (Å²) in [5.74, 6) is -0.147. The smallest absolute Gasteiger partial charge is 0.255 e. The van der Waals surface area contributed by atoms with Crippen LogP contribution in [0.2, 0.25) is 0 Å². The number of aliphatic hydroxyl groups excluding tert-OH is 1. The number of pyridine rings is 1. The lowest BCUT2D eigenvalue weighted by molar-refractivity contribution is 0.0549. The SMILES string of the molecule is O=C(c1ccc2nnnn2c1)N1Cc2ccccc2[C@H](O)C1. The van der Waals surface area contributed by atoms with Crippen LogP contribution in [0.5, 0.6) is 0 Å². The van der Waals surface area contributed by atoms with Gasteiger partial charge >= 0.3 is 0 Å². The highest BCUT2D eigenvalue weighted by atomic mass is 16.3. The topological polar surface area (TPSA) is 83.6 Å². The van der Waals surface area contributed by atoms with Crippen molar-refractivity contribution in [3.63, 3.8) is 0 Å². The average molecular weight is 295 g/mol. The lowest BCUT2D eigenvalue weighted by Crippen LogP contribution is -2.38. The molecular weight excluding hydrogens is 282 g/mol. The average Bonchev–Trinajstić information content (AvgIpc) is 3.01. The number of benzene rings is 1. The van der Waals surface area contributed by atoms with Gasteiger partial charge in [-0.3, -0.25) is 4.79 Å². The number of amides is 1. The summed E-state index contributed by atoms with van der Waals surface area (Å²) in [6.07, 6.45) is 0.940. The summed E-state index contributed by atoms with van der Waals surface area (Å²) in [6, 6.07) is 11.0. The van der Waals surface area contributed by atoms with Crippen LogP contribution in [0.1, 0.15) is 27.6 Å². The third kappa shape index (κ3) is 2.03. The maximum atomic E-state index is 12.7. The standard InChI is InChI=1S/C15H13N5O2/c21-13-9-19(7-10-3-1-2-4-12(10)13)15(22)11-5-6-14-16-17-18-20(14)8-11/h1-6,8,13,21H,7,9H2/t13-/m1/s1. The minimum Gasteiger partial charge on any atom is -0.387 e. The summed E-state index contributed by atoms with van der Waals surface area (Å²) >= 11 is 0. The number of fused-ring (bicyclic) bond motifs is 2. The van der Waals surface area contributed by atoms with Crippen LogP contribution in [0.4, 0.5) is 0 Å². The van der Waals surface area contributed by atoms with Gasteiger partial charge in [-0.25, -0.2) is 0 Å². The van der Waals surface area contributed by atoms with Crippen molar-refractivity contribution in [2.75, 3.05) is 6.54 Å². The molecule has 1 N–H and O–H groups in total. The van der Waals surface area contributed by atoms with Gasteiger partial charge in [-0.05, 0) is 33.7 Å². The van der Waals surface area contributed by atoms with Crippen molar-refractivity contribution in [3.05, 3.63) is 59.3 Å². The van der Waals surface area contributed by atoms with Gasteiger partial charge in [-0.2, -0.15) is 4.52 Å². The Balaban J connectivity index is 1.66. The minimum absolute atomic E-state index is 0.147. The number of aliphatic hydroxyl groups is 1. The molecule has 0 radical (unpaired) electrons. The third-order valence-electron chi connectivity index (χ3n) is 3.89. The highest BCUT2D eigenvalue weighted by molar-refractivity contribution is 5.94. The molecule has 1 amide bonds. The first kappa shape index (κ1) is 12.9. The second-order valence-corrected chi connectivity index (χ2v) is 5.30. The Morgan fingerprint density at radius 2 is 2.09 bits per heavy atom. The van der Waals surface area contributed by atoms with Crippen LogP contribution in [0.15, 0.2) is 42.6 Å². The van der Waals surface area contributed by atoms with Crippen LogP contribution < -0.4 is 0 Å². The quantitative estimate of drug-likeness (QED) is 0.718. The predicted molar refractivity (Wildman–Crippen MR) is 76.9 cm³/mol. The van der Waals surface area contributed by atoms with E-state index in [1.54, 1.807) is 23.2 Å². The highest BCUT2D eigenvalue weighted by Crippen LogP contribution is 2.27. The number of carbonyl (C=O) groups excluding carboxylic acids is 1. The minimum atomic E-state index is -0.661. The molecular formula is C15H13N5O2. The fourth-order valence-electron chi connectivity index (χ4n) is 2.79. The largest absolute Gasteiger partial charge is 0.387 e. The Kier molecular flexibility index (Phi) is 2.87. The molecule has 0 saturated carbocycles. The molecule has 0 saturated heterocycles. The number of carbonyl (C=O) groups is 1. The Morgan fingerprint density at radius 1 is 1.23 bits per heavy atom. The fourth-order valence-corrected chi connectivity index (χ4v) is 2.79. The van der Waals surface area contributed by atoms with Gasteiger partial charge in [-0.15, -0.1) is 5.10 Å². The Hall–Kier alpha value is -2.80. The first-order chi connectivity index (χ1) is 10.7. The van der Waals surface area contributed by atoms with Crippen molar-refractivity contribution in [2.24, 2.45) is 0 Å². The summed E-state index contributed by atoms with van der Waals surface area (Å²) in [5.41, 5.74) is 2.94. The summed E-state index contributed by atoms with van der Waals surface area (Å²) in [6.45, 7) is 0.767. The van der Waals surface area contributed by atoms with Crippen LogP contribution in [-0.4, -0.2) is 42.5 Å². The lowest BCUT2D eigenvalue weighted by atomic mass is 9.97. The maximum Gasteiger partial charge on any atom is 0.255 e. The molecule has 0 bridgehead atoms. The molecule has 22 heavy (non-hydrogen) atoms. The Bertz CT molecular complexity index is 860. The monoisotopic (exact) mass is 295 g/mol. The van der Waals surface area contributed by atoms with E-state index in [4.69, 9.17) is 0 Å². The zero-order chi connectivity index (χ0) is 15.1. The molecule has 7 heteroatoms. The van der Waals surface area contributed by atoms with Crippen LogP contribution in [0.3, 0.4) is 0 Å². The molecule has 0 aliphatic carbocycles. The summed E-state index contributed by atoms with van der Waals surface area (Å²) in [7, 11) is 0. The molecule has 110 valence electrons. The van der Waals surface area contributed by atoms with E-state index in [0.29, 0.717) is 17.8 Å². The van der Waals surface area contributed by atoms with Gasteiger partial charge in [0.25, 0.3) is 5.91 Å². The van der Waals surface area contributed by atoms with Crippen LogP contribution in [0.25, 0.3) is 5.65 Å². The molecule has 1 atom stereocenters. The summed E-state index contributed by atoms with van der Waals surface area (Å²) < 4.78 is 1.46. The zero-order valence-electron chi connectivity index (χ0n) is 11.6. The van der Waals surface area contributed by atoms with Crippen molar-refractivity contribution in [3.8, 4) is 0 Å². The second kappa shape index (κ2) is 4.88. The normalized spacial score (nSPS) is 17.5. The van der Waals surface area contributed by atoms with E-state index >= 15 is 0 Å². The molecule has 1 aromatic carbocycles. The number of hydrogen-bond donors (Lipinski definition) is 1. The molecule has 1 aliphatic rings. The molecule has 0 spiro atoms. The number of rotatable bonds is 1. The Morgan fingerprint density at radius 3 is 3.00 bits per heavy atom. The number of hydrogen-bond acceptors (Lipinski definition) is 5. The van der Waals surface area contributed by atoms with Crippen LogP contribution in [-0.2, 0) is 6.54 Å². The molecule has 2 aromatic heterocycles. The van der Waals surface area contributed by atoms with Crippen molar-refractivity contribution in [1.82, 2.24) is 24.9 Å². The van der Waals surface area contributed by atoms with Crippen LogP contribution in [0, 0.1) is 0 Å². The van der Waals surface area contributed by atoms with Gasteiger partial charge in [0, 0.05) is 12.7 Å². The van der Waals surface area contributed by atoms with E-state index in [1.165, 1.54) is 4.52 Å². The van der Waals surface area contributed by atoms with Crippen LogP contribution >= 0.6 is 0 Å². The summed E-state index contributed by atoms with van der Waals surface area (Å²) in [5, 5.41) is 21.4. The lowest BCUT2D eigenvalue weighted by Gasteiger charge is -2.32. The zero-order valence-corrected chi connectivity index (χ0v) is 11.6. The van der Waals surface area contributed by atoms with Crippen molar-refractivity contribution in [1.29, 1.82) is 0 Å². The number of nitrogens with zero attached hydrogens (tertiary/aromatic N) is 5.